The zero-order valence-electron chi connectivity index (χ0n) is 19.0. The number of nitrogens with zero attached hydrogens (tertiary/aromatic N) is 4. The van der Waals surface area contributed by atoms with Crippen LogP contribution in [0.4, 0.5) is 0 Å². The topological polar surface area (TPSA) is 168 Å². The second-order valence-electron chi connectivity index (χ2n) is 6.68. The molecular weight excluding hydrogens is 535 g/mol. The Morgan fingerprint density at radius 1 is 0.421 bits per heavy atom. The molecule has 0 saturated heterocycles. The third-order valence-corrected chi connectivity index (χ3v) is 4.17. The Bertz CT molecular complexity index is 1090. The van der Waals surface area contributed by atoms with E-state index in [1.807, 2.05) is 0 Å². The van der Waals surface area contributed by atoms with Crippen molar-refractivity contribution in [2.24, 2.45) is 0 Å². The smallest absolute Gasteiger partial charge is 0.266 e. The Kier molecular flexibility index (Phi) is 13.6. The fourth-order valence-corrected chi connectivity index (χ4v) is 2.47. The number of aromatic nitrogens is 4. The molecule has 4 N–H and O–H groups in total. The molecule has 0 aromatic carbocycles. The van der Waals surface area contributed by atoms with Gasteiger partial charge in [0.25, 0.3) is 23.6 Å². The molecule has 0 saturated carbocycles. The van der Waals surface area contributed by atoms with Crippen LogP contribution in [-0.4, -0.2) is 43.6 Å². The number of rotatable bonds is 4. The molecule has 12 nitrogen and oxygen atoms in total. The van der Waals surface area contributed by atoms with Gasteiger partial charge in [0, 0.05) is 41.3 Å². The first-order valence-corrected chi connectivity index (χ1v) is 10.4. The summed E-state index contributed by atoms with van der Waals surface area (Å²) in [5, 5.41) is 0. The summed E-state index contributed by atoms with van der Waals surface area (Å²) in [6.45, 7) is 0. The number of nitrogens with one attached hydrogen (secondary N) is 4. The molecule has 0 aliphatic carbocycles. The fraction of sp³-hybridized carbons (Fsp3) is 0.0400. The van der Waals surface area contributed by atoms with Crippen molar-refractivity contribution in [2.75, 3.05) is 0 Å². The van der Waals surface area contributed by atoms with E-state index in [0.717, 1.165) is 0 Å². The maximum Gasteiger partial charge on any atom is 0.288 e. The molecule has 0 unspecified atom stereocenters. The van der Waals surface area contributed by atoms with Crippen LogP contribution >= 0.6 is 0 Å². The Morgan fingerprint density at radius 3 is 0.789 bits per heavy atom. The molecule has 0 fully saturated rings. The molecule has 38 heavy (non-hydrogen) atoms. The van der Waals surface area contributed by atoms with Crippen molar-refractivity contribution in [1.29, 1.82) is 0 Å². The molecule has 0 aliphatic rings. The minimum Gasteiger partial charge on any atom is -0.266 e. The van der Waals surface area contributed by atoms with Gasteiger partial charge in [-0.05, 0) is 48.5 Å². The van der Waals surface area contributed by atoms with Gasteiger partial charge in [-0.3, -0.25) is 60.8 Å². The zero-order valence-corrected chi connectivity index (χ0v) is 20.0. The van der Waals surface area contributed by atoms with Gasteiger partial charge >= 0.3 is 0 Å². The van der Waals surface area contributed by atoms with Crippen LogP contribution in [0.3, 0.4) is 0 Å². The van der Waals surface area contributed by atoms with E-state index in [-0.39, 0.29) is 46.7 Å². The van der Waals surface area contributed by atoms with Crippen molar-refractivity contribution in [3.8, 4) is 0 Å². The average Bonchev–Trinajstić information content (AvgIpc) is 2.96. The number of hydrazine groups is 2. The third kappa shape index (κ3) is 9.92. The molecule has 0 aliphatic heterocycles. The van der Waals surface area contributed by atoms with Crippen LogP contribution in [0.25, 0.3) is 0 Å². The van der Waals surface area contributed by atoms with E-state index in [2.05, 4.69) is 41.6 Å². The fourth-order valence-electron chi connectivity index (χ4n) is 2.47. The molecule has 4 aromatic heterocycles. The Morgan fingerprint density at radius 2 is 0.632 bits per heavy atom. The molecule has 0 spiro atoms. The molecule has 4 amide bonds. The predicted molar refractivity (Wildman–Crippen MR) is 134 cm³/mol. The Hall–Kier alpha value is -5.03. The molecule has 4 rings (SSSR count). The number of carbonyl (C=O) groups is 4. The van der Waals surface area contributed by atoms with E-state index in [1.54, 1.807) is 72.8 Å². The maximum atomic E-state index is 11.6. The Balaban J connectivity index is 0.000000361. The van der Waals surface area contributed by atoms with Crippen molar-refractivity contribution in [3.63, 3.8) is 0 Å². The average molecular weight is 559 g/mol. The summed E-state index contributed by atoms with van der Waals surface area (Å²) in [7, 11) is 0. The van der Waals surface area contributed by atoms with Crippen LogP contribution in [0.5, 0.6) is 0 Å². The van der Waals surface area contributed by atoms with E-state index in [1.165, 1.54) is 24.8 Å². The summed E-state index contributed by atoms with van der Waals surface area (Å²) < 4.78 is 0. The first-order valence-electron chi connectivity index (χ1n) is 10.4. The van der Waals surface area contributed by atoms with Crippen molar-refractivity contribution >= 4 is 23.6 Å². The summed E-state index contributed by atoms with van der Waals surface area (Å²) in [6.07, 6.45) is 5.98. The summed E-state index contributed by atoms with van der Waals surface area (Å²) in [4.78, 5) is 61.7. The van der Waals surface area contributed by atoms with Crippen LogP contribution in [0.1, 0.15) is 49.4 Å². The summed E-state index contributed by atoms with van der Waals surface area (Å²) >= 11 is 0. The summed E-state index contributed by atoms with van der Waals surface area (Å²) in [5.41, 5.74) is 9.91. The van der Waals surface area contributed by atoms with E-state index in [4.69, 9.17) is 0 Å². The van der Waals surface area contributed by atoms with Gasteiger partial charge in [-0.1, -0.05) is 31.7 Å². The predicted octanol–water partition coefficient (Wildman–Crippen LogP) is 1.74. The third-order valence-electron chi connectivity index (χ3n) is 4.17. The summed E-state index contributed by atoms with van der Waals surface area (Å²) in [5.74, 6) is -1.94. The van der Waals surface area contributed by atoms with Crippen LogP contribution in [0, 0.1) is 0 Å². The zero-order chi connectivity index (χ0) is 25.6. The first-order chi connectivity index (χ1) is 17.5. The van der Waals surface area contributed by atoms with Gasteiger partial charge in [0.1, 0.15) is 22.8 Å². The number of amides is 4. The SMILES string of the molecule is C.O=C(NNC(=O)c1ccccn1)c1ccccn1.O=C(NNC(=O)c1ccccn1)c1ccccn1.[Ni]. The van der Waals surface area contributed by atoms with Gasteiger partial charge in [0.2, 0.25) is 0 Å². The van der Waals surface area contributed by atoms with Gasteiger partial charge in [-0.25, -0.2) is 0 Å². The van der Waals surface area contributed by atoms with E-state index in [0.29, 0.717) is 0 Å². The monoisotopic (exact) mass is 558 g/mol. The van der Waals surface area contributed by atoms with Gasteiger partial charge in [-0.2, -0.15) is 0 Å². The van der Waals surface area contributed by atoms with Crippen molar-refractivity contribution in [2.45, 2.75) is 7.43 Å². The van der Waals surface area contributed by atoms with E-state index < -0.39 is 23.6 Å². The molecule has 0 atom stereocenters. The van der Waals surface area contributed by atoms with Gasteiger partial charge in [0.05, 0.1) is 0 Å². The molecule has 4 aromatic rings. The number of hydrogen-bond acceptors (Lipinski definition) is 8. The minimum atomic E-state index is -0.486. The molecule has 0 radical (unpaired) electrons. The second kappa shape index (κ2) is 16.6. The number of hydrogen-bond donors (Lipinski definition) is 4. The Labute approximate surface area is 228 Å². The second-order valence-corrected chi connectivity index (χ2v) is 6.68. The number of carbonyl (C=O) groups excluding carboxylic acids is 4. The maximum absolute atomic E-state index is 11.6. The largest absolute Gasteiger partial charge is 0.288 e. The quantitative estimate of drug-likeness (QED) is 0.217. The minimum absolute atomic E-state index is 0. The normalized spacial score (nSPS) is 9.05. The first kappa shape index (κ1) is 31.0. The van der Waals surface area contributed by atoms with Gasteiger partial charge in [-0.15, -0.1) is 0 Å². The van der Waals surface area contributed by atoms with Crippen LogP contribution in [0.2, 0.25) is 0 Å². The molecule has 198 valence electrons. The molecule has 4 heterocycles. The van der Waals surface area contributed by atoms with Gasteiger partial charge < -0.3 is 0 Å². The van der Waals surface area contributed by atoms with Crippen LogP contribution in [-0.2, 0) is 16.5 Å². The standard InChI is InChI=1S/2C12H10N4O2.CH4.Ni/c2*17-11(9-5-1-3-7-13-9)15-16-12(18)10-6-2-4-8-14-10;;/h2*1-8H,(H,15,17)(H,16,18);1H4;. The van der Waals surface area contributed by atoms with Crippen molar-refractivity contribution in [3.05, 3.63) is 120 Å². The van der Waals surface area contributed by atoms with E-state index in [9.17, 15) is 19.2 Å². The summed E-state index contributed by atoms with van der Waals surface area (Å²) in [6, 6.07) is 19.7. The molecular formula is C25H24N8NiO4. The van der Waals surface area contributed by atoms with Gasteiger partial charge in [0.15, 0.2) is 0 Å². The van der Waals surface area contributed by atoms with Crippen molar-refractivity contribution in [1.82, 2.24) is 41.6 Å². The van der Waals surface area contributed by atoms with Crippen molar-refractivity contribution < 1.29 is 35.7 Å². The molecule has 0 bridgehead atoms. The van der Waals surface area contributed by atoms with Crippen LogP contribution < -0.4 is 21.7 Å². The van der Waals surface area contributed by atoms with E-state index >= 15 is 0 Å². The molecule has 13 heteroatoms. The van der Waals surface area contributed by atoms with Crippen LogP contribution in [0.15, 0.2) is 97.6 Å². The number of pyridine rings is 4.